The summed E-state index contributed by atoms with van der Waals surface area (Å²) in [5, 5.41) is 7.70. The van der Waals surface area contributed by atoms with Crippen molar-refractivity contribution in [2.75, 3.05) is 6.54 Å². The first-order valence-electron chi connectivity index (χ1n) is 8.74. The highest BCUT2D eigenvalue weighted by Crippen LogP contribution is 2.31. The van der Waals surface area contributed by atoms with E-state index in [2.05, 4.69) is 34.7 Å². The molecule has 0 spiro atoms. The van der Waals surface area contributed by atoms with Crippen LogP contribution in [0.1, 0.15) is 63.5 Å². The molecular formula is C18H29N3. The first-order chi connectivity index (χ1) is 10.3. The molecule has 1 aromatic rings. The first-order valence-corrected chi connectivity index (χ1v) is 8.74. The van der Waals surface area contributed by atoms with E-state index >= 15 is 0 Å². The van der Waals surface area contributed by atoms with Gasteiger partial charge in [0.25, 0.3) is 0 Å². The van der Waals surface area contributed by atoms with E-state index in [9.17, 15) is 0 Å². The van der Waals surface area contributed by atoms with E-state index in [0.717, 1.165) is 12.0 Å². The minimum absolute atomic E-state index is 0.419. The van der Waals surface area contributed by atoms with Gasteiger partial charge < -0.3 is 10.6 Å². The monoisotopic (exact) mass is 287 g/mol. The number of pyridine rings is 1. The maximum Gasteiger partial charge on any atom is 0.0295 e. The molecule has 0 aromatic carbocycles. The van der Waals surface area contributed by atoms with Crippen LogP contribution in [0.15, 0.2) is 24.5 Å². The number of rotatable bonds is 4. The van der Waals surface area contributed by atoms with Crippen LogP contribution in [0.3, 0.4) is 0 Å². The number of nitrogens with one attached hydrogen (secondary N) is 2. The van der Waals surface area contributed by atoms with Crippen LogP contribution in [0.5, 0.6) is 0 Å². The third-order valence-corrected chi connectivity index (χ3v) is 5.35. The van der Waals surface area contributed by atoms with Crippen molar-refractivity contribution in [2.45, 2.75) is 70.0 Å². The molecule has 1 aliphatic heterocycles. The summed E-state index contributed by atoms with van der Waals surface area (Å²) in [6.07, 6.45) is 13.4. The van der Waals surface area contributed by atoms with Gasteiger partial charge in [0.05, 0.1) is 0 Å². The van der Waals surface area contributed by atoms with E-state index in [0.29, 0.717) is 12.1 Å². The van der Waals surface area contributed by atoms with Crippen molar-refractivity contribution in [1.29, 1.82) is 0 Å². The molecule has 1 saturated heterocycles. The molecule has 4 atom stereocenters. The average Bonchev–Trinajstić information content (AvgIpc) is 2.57. The molecule has 3 rings (SSSR count). The zero-order valence-corrected chi connectivity index (χ0v) is 13.2. The van der Waals surface area contributed by atoms with Gasteiger partial charge in [0.2, 0.25) is 0 Å². The van der Waals surface area contributed by atoms with Gasteiger partial charge in [-0.25, -0.2) is 0 Å². The smallest absolute Gasteiger partial charge is 0.0295 e. The molecule has 0 bridgehead atoms. The lowest BCUT2D eigenvalue weighted by Crippen LogP contribution is -2.50. The van der Waals surface area contributed by atoms with E-state index in [1.54, 1.807) is 0 Å². The average molecular weight is 287 g/mol. The molecular weight excluding hydrogens is 258 g/mol. The molecule has 1 aliphatic carbocycles. The number of hydrogen-bond acceptors (Lipinski definition) is 3. The second-order valence-electron chi connectivity index (χ2n) is 6.78. The number of nitrogens with zero attached hydrogens (tertiary/aromatic N) is 1. The van der Waals surface area contributed by atoms with Gasteiger partial charge in [-0.3, -0.25) is 4.98 Å². The predicted octanol–water partition coefficient (Wildman–Crippen LogP) is 3.43. The van der Waals surface area contributed by atoms with Crippen LogP contribution in [-0.2, 0) is 0 Å². The molecule has 1 saturated carbocycles. The molecule has 2 aliphatic rings. The molecule has 0 radical (unpaired) electrons. The summed E-state index contributed by atoms with van der Waals surface area (Å²) in [6.45, 7) is 3.50. The Morgan fingerprint density at radius 2 is 1.86 bits per heavy atom. The minimum atomic E-state index is 0.419. The summed E-state index contributed by atoms with van der Waals surface area (Å²) >= 11 is 0. The number of aromatic nitrogens is 1. The SMILES string of the molecule is C[C@H](NC1CCCCC1C1CCCCN1)c1ccncc1. The lowest BCUT2D eigenvalue weighted by atomic mass is 9.77. The van der Waals surface area contributed by atoms with Crippen LogP contribution >= 0.6 is 0 Å². The van der Waals surface area contributed by atoms with Gasteiger partial charge in [-0.1, -0.05) is 19.3 Å². The third-order valence-electron chi connectivity index (χ3n) is 5.35. The Hall–Kier alpha value is -0.930. The molecule has 116 valence electrons. The van der Waals surface area contributed by atoms with Gasteiger partial charge in [-0.05, 0) is 62.8 Å². The summed E-state index contributed by atoms with van der Waals surface area (Å²) in [4.78, 5) is 4.13. The summed E-state index contributed by atoms with van der Waals surface area (Å²) < 4.78 is 0. The van der Waals surface area contributed by atoms with Crippen LogP contribution in [0.2, 0.25) is 0 Å². The Morgan fingerprint density at radius 3 is 2.62 bits per heavy atom. The third kappa shape index (κ3) is 3.83. The largest absolute Gasteiger partial charge is 0.314 e. The van der Waals surface area contributed by atoms with Crippen molar-refractivity contribution in [3.05, 3.63) is 30.1 Å². The van der Waals surface area contributed by atoms with Gasteiger partial charge in [0, 0.05) is 30.5 Å². The molecule has 0 amide bonds. The maximum absolute atomic E-state index is 4.13. The van der Waals surface area contributed by atoms with Crippen LogP contribution in [0.4, 0.5) is 0 Å². The van der Waals surface area contributed by atoms with Gasteiger partial charge in [0.1, 0.15) is 0 Å². The molecule has 21 heavy (non-hydrogen) atoms. The van der Waals surface area contributed by atoms with E-state index in [1.807, 2.05) is 12.4 Å². The molecule has 3 nitrogen and oxygen atoms in total. The zero-order valence-electron chi connectivity index (χ0n) is 13.2. The minimum Gasteiger partial charge on any atom is -0.314 e. The maximum atomic E-state index is 4.13. The van der Waals surface area contributed by atoms with Crippen LogP contribution in [0, 0.1) is 5.92 Å². The molecule has 3 unspecified atom stereocenters. The van der Waals surface area contributed by atoms with Crippen LogP contribution < -0.4 is 10.6 Å². The molecule has 2 heterocycles. The quantitative estimate of drug-likeness (QED) is 0.891. The Kier molecular flexibility index (Phi) is 5.26. The lowest BCUT2D eigenvalue weighted by molar-refractivity contribution is 0.174. The van der Waals surface area contributed by atoms with Crippen LogP contribution in [0.25, 0.3) is 0 Å². The molecule has 1 aromatic heterocycles. The molecule has 2 N–H and O–H groups in total. The predicted molar refractivity (Wildman–Crippen MR) is 87.2 cm³/mol. The summed E-state index contributed by atoms with van der Waals surface area (Å²) in [7, 11) is 0. The van der Waals surface area contributed by atoms with E-state index in [1.165, 1.54) is 57.1 Å². The standard InChI is InChI=1S/C18H29N3/c1-14(15-9-12-19-13-10-15)21-18-8-3-2-6-16(18)17-7-4-5-11-20-17/h9-10,12-14,16-18,20-21H,2-8,11H2,1H3/t14-,16?,17?,18?/m0/s1. The number of hydrogen-bond donors (Lipinski definition) is 2. The highest BCUT2D eigenvalue weighted by Gasteiger charge is 2.33. The van der Waals surface area contributed by atoms with Gasteiger partial charge >= 0.3 is 0 Å². The summed E-state index contributed by atoms with van der Waals surface area (Å²) in [6, 6.07) is 6.09. The zero-order chi connectivity index (χ0) is 14.5. The van der Waals surface area contributed by atoms with E-state index in [-0.39, 0.29) is 0 Å². The van der Waals surface area contributed by atoms with Crippen molar-refractivity contribution < 1.29 is 0 Å². The Bertz CT molecular complexity index is 414. The second-order valence-corrected chi connectivity index (χ2v) is 6.78. The van der Waals surface area contributed by atoms with Crippen LogP contribution in [-0.4, -0.2) is 23.6 Å². The fourth-order valence-corrected chi connectivity index (χ4v) is 4.16. The van der Waals surface area contributed by atoms with E-state index < -0.39 is 0 Å². The fraction of sp³-hybridized carbons (Fsp3) is 0.722. The Balaban J connectivity index is 1.63. The van der Waals surface area contributed by atoms with Crippen molar-refractivity contribution in [3.8, 4) is 0 Å². The highest BCUT2D eigenvalue weighted by atomic mass is 15.0. The molecule has 3 heteroatoms. The normalized spacial score (nSPS) is 31.8. The van der Waals surface area contributed by atoms with Gasteiger partial charge in [0.15, 0.2) is 0 Å². The van der Waals surface area contributed by atoms with Gasteiger partial charge in [-0.15, -0.1) is 0 Å². The Labute approximate surface area is 128 Å². The topological polar surface area (TPSA) is 37.0 Å². The van der Waals surface area contributed by atoms with Gasteiger partial charge in [-0.2, -0.15) is 0 Å². The van der Waals surface area contributed by atoms with Crippen molar-refractivity contribution in [2.24, 2.45) is 5.92 Å². The van der Waals surface area contributed by atoms with Crippen molar-refractivity contribution >= 4 is 0 Å². The van der Waals surface area contributed by atoms with E-state index in [4.69, 9.17) is 0 Å². The Morgan fingerprint density at radius 1 is 1.10 bits per heavy atom. The summed E-state index contributed by atoms with van der Waals surface area (Å²) in [5.41, 5.74) is 1.35. The van der Waals surface area contributed by atoms with Crippen molar-refractivity contribution in [3.63, 3.8) is 0 Å². The highest BCUT2D eigenvalue weighted by molar-refractivity contribution is 5.14. The molecule has 2 fully saturated rings. The second kappa shape index (κ2) is 7.37. The first kappa shape index (κ1) is 15.0. The van der Waals surface area contributed by atoms with Crippen molar-refractivity contribution in [1.82, 2.24) is 15.6 Å². The lowest BCUT2D eigenvalue weighted by Gasteiger charge is -2.41. The fourth-order valence-electron chi connectivity index (χ4n) is 4.16. The number of piperidine rings is 1. The summed E-state index contributed by atoms with van der Waals surface area (Å²) in [5.74, 6) is 0.809.